The summed E-state index contributed by atoms with van der Waals surface area (Å²) in [7, 11) is -4.78. The first-order valence-electron chi connectivity index (χ1n) is 9.36. The summed E-state index contributed by atoms with van der Waals surface area (Å²) in [6, 6.07) is 8.56. The Morgan fingerprint density at radius 2 is 1.78 bits per heavy atom. The number of benzene rings is 2. The molecule has 0 bridgehead atoms. The minimum atomic E-state index is -4.97. The van der Waals surface area contributed by atoms with Crippen molar-refractivity contribution in [2.75, 3.05) is 31.0 Å². The summed E-state index contributed by atoms with van der Waals surface area (Å²) in [5, 5.41) is -0.0385. The number of anilines is 1. The van der Waals surface area contributed by atoms with Crippen LogP contribution in [0.1, 0.15) is 16.1 Å². The smallest absolute Gasteiger partial charge is 0.417 e. The van der Waals surface area contributed by atoms with Gasteiger partial charge in [-0.05, 0) is 30.3 Å². The van der Waals surface area contributed by atoms with Crippen molar-refractivity contribution in [3.05, 3.63) is 58.8 Å². The van der Waals surface area contributed by atoms with Crippen LogP contribution in [0.15, 0.2) is 51.8 Å². The molecule has 1 aliphatic rings. The molecule has 1 aliphatic heterocycles. The van der Waals surface area contributed by atoms with Crippen LogP contribution in [0.25, 0.3) is 11.0 Å². The molecule has 0 radical (unpaired) electrons. The van der Waals surface area contributed by atoms with Crippen molar-refractivity contribution in [3.8, 4) is 0 Å². The average Bonchev–Trinajstić information content (AvgIpc) is 3.11. The second-order valence-corrected chi connectivity index (χ2v) is 9.04. The van der Waals surface area contributed by atoms with Crippen molar-refractivity contribution in [3.63, 3.8) is 0 Å². The molecule has 1 saturated heterocycles. The third-order valence-electron chi connectivity index (χ3n) is 4.86. The molecule has 2 heterocycles. The maximum absolute atomic E-state index is 13.5. The minimum Gasteiger partial charge on any atom is -0.449 e. The number of hydrogen-bond donors (Lipinski definition) is 1. The van der Waals surface area contributed by atoms with E-state index in [0.29, 0.717) is 19.3 Å². The zero-order valence-corrected chi connectivity index (χ0v) is 17.9. The Bertz CT molecular complexity index is 1280. The van der Waals surface area contributed by atoms with E-state index in [-0.39, 0.29) is 40.5 Å². The van der Waals surface area contributed by atoms with Crippen LogP contribution in [-0.4, -0.2) is 45.5 Å². The Labute approximate surface area is 185 Å². The van der Waals surface area contributed by atoms with Gasteiger partial charge >= 0.3 is 6.18 Å². The van der Waals surface area contributed by atoms with Gasteiger partial charge in [0, 0.05) is 23.5 Å². The number of ether oxygens (including phenoxy) is 1. The molecular formula is C20H16ClF3N2O5S. The highest BCUT2D eigenvalue weighted by molar-refractivity contribution is 7.92. The van der Waals surface area contributed by atoms with Crippen LogP contribution in [-0.2, 0) is 20.9 Å². The first-order valence-corrected chi connectivity index (χ1v) is 11.2. The van der Waals surface area contributed by atoms with Gasteiger partial charge in [0.15, 0.2) is 0 Å². The fraction of sp³-hybridized carbons (Fsp3) is 0.250. The number of nitrogens with one attached hydrogen (secondary N) is 1. The molecule has 2 aromatic carbocycles. The van der Waals surface area contributed by atoms with Crippen molar-refractivity contribution >= 4 is 44.2 Å². The van der Waals surface area contributed by atoms with Crippen LogP contribution >= 0.6 is 11.6 Å². The number of carbonyl (C=O) groups is 1. The normalized spacial score (nSPS) is 15.2. The average molecular weight is 489 g/mol. The molecule has 170 valence electrons. The van der Waals surface area contributed by atoms with Crippen molar-refractivity contribution in [1.82, 2.24) is 4.90 Å². The fourth-order valence-corrected chi connectivity index (χ4v) is 4.82. The summed E-state index contributed by atoms with van der Waals surface area (Å²) in [5.41, 5.74) is -1.46. The van der Waals surface area contributed by atoms with Gasteiger partial charge in [-0.3, -0.25) is 9.52 Å². The Balaban J connectivity index is 1.82. The summed E-state index contributed by atoms with van der Waals surface area (Å²) in [6.07, 6.45) is -4.97. The number of sulfonamides is 1. The van der Waals surface area contributed by atoms with E-state index in [4.69, 9.17) is 20.8 Å². The van der Waals surface area contributed by atoms with Gasteiger partial charge in [0.25, 0.3) is 15.9 Å². The van der Waals surface area contributed by atoms with Gasteiger partial charge in [-0.1, -0.05) is 23.7 Å². The monoisotopic (exact) mass is 488 g/mol. The van der Waals surface area contributed by atoms with Gasteiger partial charge in [0.1, 0.15) is 11.3 Å². The Kier molecular flexibility index (Phi) is 5.82. The molecule has 32 heavy (non-hydrogen) atoms. The first kappa shape index (κ1) is 22.4. The van der Waals surface area contributed by atoms with E-state index < -0.39 is 32.6 Å². The highest BCUT2D eigenvalue weighted by atomic mass is 35.5. The molecule has 3 aromatic rings. The van der Waals surface area contributed by atoms with Crippen LogP contribution < -0.4 is 4.72 Å². The SMILES string of the molecule is O=C(c1oc2ccccc2c1NS(=O)(=O)c1ccc(Cl)cc1C(F)(F)F)N1CCOCC1. The van der Waals surface area contributed by atoms with Gasteiger partial charge in [0.05, 0.1) is 23.7 Å². The molecule has 1 fully saturated rings. The molecule has 4 rings (SSSR count). The van der Waals surface area contributed by atoms with Crippen LogP contribution in [0, 0.1) is 0 Å². The van der Waals surface area contributed by atoms with Crippen LogP contribution in [0.4, 0.5) is 18.9 Å². The van der Waals surface area contributed by atoms with E-state index in [2.05, 4.69) is 4.72 Å². The van der Waals surface area contributed by atoms with Gasteiger partial charge in [-0.2, -0.15) is 13.2 Å². The van der Waals surface area contributed by atoms with Crippen molar-refractivity contribution < 1.29 is 35.5 Å². The number of furan rings is 1. The lowest BCUT2D eigenvalue weighted by molar-refractivity contribution is -0.139. The summed E-state index contributed by atoms with van der Waals surface area (Å²) in [4.78, 5) is 13.4. The van der Waals surface area contributed by atoms with Gasteiger partial charge < -0.3 is 14.1 Å². The molecule has 0 spiro atoms. The van der Waals surface area contributed by atoms with Gasteiger partial charge in [-0.25, -0.2) is 8.42 Å². The number of hydrogen-bond acceptors (Lipinski definition) is 5. The number of fused-ring (bicyclic) bond motifs is 1. The predicted molar refractivity (Wildman–Crippen MR) is 110 cm³/mol. The lowest BCUT2D eigenvalue weighted by Gasteiger charge is -2.26. The maximum atomic E-state index is 13.5. The number of para-hydroxylation sites is 1. The third-order valence-corrected chi connectivity index (χ3v) is 6.50. The number of halogens is 4. The number of nitrogens with zero attached hydrogens (tertiary/aromatic N) is 1. The molecule has 0 saturated carbocycles. The second kappa shape index (κ2) is 8.30. The maximum Gasteiger partial charge on any atom is 0.417 e. The standard InChI is InChI=1S/C20H16ClF3N2O5S/c21-12-5-6-16(14(11-12)20(22,23)24)32(28,29)25-17-13-3-1-2-4-15(13)31-18(17)19(27)26-7-9-30-10-8-26/h1-6,11,25H,7-10H2. The van der Waals surface area contributed by atoms with E-state index >= 15 is 0 Å². The van der Waals surface area contributed by atoms with Crippen LogP contribution in [0.2, 0.25) is 5.02 Å². The van der Waals surface area contributed by atoms with Crippen molar-refractivity contribution in [1.29, 1.82) is 0 Å². The molecule has 0 aliphatic carbocycles. The van der Waals surface area contributed by atoms with Crippen molar-refractivity contribution in [2.45, 2.75) is 11.1 Å². The zero-order chi connectivity index (χ0) is 23.1. The van der Waals surface area contributed by atoms with E-state index in [0.717, 1.165) is 12.1 Å². The summed E-state index contributed by atoms with van der Waals surface area (Å²) < 4.78 is 79.5. The predicted octanol–water partition coefficient (Wildman–Crippen LogP) is 4.38. The van der Waals surface area contributed by atoms with Crippen LogP contribution in [0.5, 0.6) is 0 Å². The molecular weight excluding hydrogens is 473 g/mol. The number of carbonyl (C=O) groups excluding carboxylic acids is 1. The fourth-order valence-electron chi connectivity index (χ4n) is 3.35. The number of rotatable bonds is 4. The van der Waals surface area contributed by atoms with Gasteiger partial charge in [-0.15, -0.1) is 0 Å². The molecule has 0 atom stereocenters. The molecule has 1 amide bonds. The van der Waals surface area contributed by atoms with Gasteiger partial charge in [0.2, 0.25) is 5.76 Å². The topological polar surface area (TPSA) is 88.8 Å². The lowest BCUT2D eigenvalue weighted by Crippen LogP contribution is -2.40. The van der Waals surface area contributed by atoms with E-state index in [9.17, 15) is 26.4 Å². The first-order chi connectivity index (χ1) is 15.1. The van der Waals surface area contributed by atoms with E-state index in [1.165, 1.54) is 17.0 Å². The largest absolute Gasteiger partial charge is 0.449 e. The second-order valence-electron chi connectivity index (χ2n) is 6.95. The van der Waals surface area contributed by atoms with Crippen LogP contribution in [0.3, 0.4) is 0 Å². The minimum absolute atomic E-state index is 0.203. The van der Waals surface area contributed by atoms with Crippen molar-refractivity contribution in [2.24, 2.45) is 0 Å². The summed E-state index contributed by atoms with van der Waals surface area (Å²) in [5.74, 6) is -0.923. The quantitative estimate of drug-likeness (QED) is 0.589. The Morgan fingerprint density at radius 3 is 2.47 bits per heavy atom. The highest BCUT2D eigenvalue weighted by Gasteiger charge is 2.38. The Hall–Kier alpha value is -2.76. The van der Waals surface area contributed by atoms with E-state index in [1.54, 1.807) is 12.1 Å². The molecule has 7 nitrogen and oxygen atoms in total. The summed E-state index contributed by atoms with van der Waals surface area (Å²) in [6.45, 7) is 1.12. The number of morpholine rings is 1. The summed E-state index contributed by atoms with van der Waals surface area (Å²) >= 11 is 5.66. The Morgan fingerprint density at radius 1 is 1.09 bits per heavy atom. The zero-order valence-electron chi connectivity index (χ0n) is 16.3. The lowest BCUT2D eigenvalue weighted by atomic mass is 10.2. The third kappa shape index (κ3) is 4.27. The molecule has 12 heteroatoms. The number of alkyl halides is 3. The van der Waals surface area contributed by atoms with E-state index in [1.807, 2.05) is 0 Å². The molecule has 1 N–H and O–H groups in total. The number of amides is 1. The highest BCUT2D eigenvalue weighted by Crippen LogP contribution is 2.38. The molecule has 1 aromatic heterocycles. The molecule has 0 unspecified atom stereocenters.